The number of aliphatic hydroxyl groups excluding tert-OH is 1. The number of aliphatic hydroxyl groups is 1. The number of likely N-dealkylation sites (tertiary alicyclic amines) is 1. The largest absolute Gasteiger partial charge is 0.390 e. The minimum Gasteiger partial charge on any atom is -0.390 e. The van der Waals surface area contributed by atoms with Gasteiger partial charge in [0.2, 0.25) is 0 Å². The highest BCUT2D eigenvalue weighted by atomic mass is 35.5. The Bertz CT molecular complexity index is 78.5. The average Bonchev–Trinajstić information content (AvgIpc) is 1.98. The van der Waals surface area contributed by atoms with E-state index in [0.717, 1.165) is 13.0 Å². The third kappa shape index (κ3) is 0.966. The molecule has 1 N–H and O–H groups in total. The number of halogens is 1. The molecule has 1 aliphatic rings. The van der Waals surface area contributed by atoms with E-state index in [1.807, 2.05) is 11.9 Å². The molecule has 0 aliphatic carbocycles. The lowest BCUT2D eigenvalue weighted by Crippen LogP contribution is -2.25. The first-order valence-electron chi connectivity index (χ1n) is 2.74. The summed E-state index contributed by atoms with van der Waals surface area (Å²) in [5.41, 5.74) is -0.157. The van der Waals surface area contributed by atoms with Crippen LogP contribution in [0.3, 0.4) is 0 Å². The number of likely N-dealkylation sites (N-methyl/N-ethyl adjacent to an activating group) is 1. The molecule has 0 saturated carbocycles. The fraction of sp³-hybridized carbons (Fsp3) is 1.00. The molecule has 1 rings (SSSR count). The molecule has 0 aromatic heterocycles. The molecule has 8 heavy (non-hydrogen) atoms. The van der Waals surface area contributed by atoms with Crippen LogP contribution in [0.4, 0.5) is 0 Å². The van der Waals surface area contributed by atoms with Gasteiger partial charge < -0.3 is 5.11 Å². The van der Waals surface area contributed by atoms with Crippen LogP contribution in [0.1, 0.15) is 6.42 Å². The van der Waals surface area contributed by atoms with Crippen LogP contribution in [0, 0.1) is 0 Å². The van der Waals surface area contributed by atoms with Crippen molar-refractivity contribution in [3.63, 3.8) is 0 Å². The summed E-state index contributed by atoms with van der Waals surface area (Å²) >= 11 is 5.69. The van der Waals surface area contributed by atoms with E-state index >= 15 is 0 Å². The van der Waals surface area contributed by atoms with Crippen LogP contribution in [-0.2, 0) is 0 Å². The molecule has 0 aromatic carbocycles. The molecule has 0 bridgehead atoms. The minimum atomic E-state index is -0.318. The number of hydrogen-bond acceptors (Lipinski definition) is 2. The first-order chi connectivity index (χ1) is 3.72. The van der Waals surface area contributed by atoms with Crippen molar-refractivity contribution in [2.24, 2.45) is 0 Å². The zero-order chi connectivity index (χ0) is 6.15. The molecule has 0 amide bonds. The molecule has 1 saturated heterocycles. The normalized spacial score (nSPS) is 40.9. The van der Waals surface area contributed by atoms with Gasteiger partial charge in [0.25, 0.3) is 0 Å². The summed E-state index contributed by atoms with van der Waals surface area (Å²) < 4.78 is 0. The summed E-state index contributed by atoms with van der Waals surface area (Å²) in [7, 11) is 1.91. The summed E-state index contributed by atoms with van der Waals surface area (Å²) in [6.07, 6.45) is 0.492. The Morgan fingerprint density at radius 1 is 1.75 bits per heavy atom. The zero-order valence-corrected chi connectivity index (χ0v) is 5.60. The second kappa shape index (κ2) is 2.21. The molecule has 0 aromatic rings. The van der Waals surface area contributed by atoms with Crippen molar-refractivity contribution in [1.82, 2.24) is 4.90 Å². The third-order valence-electron chi connectivity index (χ3n) is 1.52. The van der Waals surface area contributed by atoms with Gasteiger partial charge in [0, 0.05) is 6.54 Å². The quantitative estimate of drug-likeness (QED) is 0.380. The van der Waals surface area contributed by atoms with Gasteiger partial charge in [-0.2, -0.15) is 0 Å². The van der Waals surface area contributed by atoms with Gasteiger partial charge >= 0.3 is 0 Å². The maximum absolute atomic E-state index is 8.99. The predicted molar refractivity (Wildman–Crippen MR) is 32.9 cm³/mol. The van der Waals surface area contributed by atoms with E-state index in [0.29, 0.717) is 0 Å². The summed E-state index contributed by atoms with van der Waals surface area (Å²) in [4.78, 5) is 1.94. The first kappa shape index (κ1) is 6.33. The Labute approximate surface area is 54.1 Å². The fourth-order valence-corrected chi connectivity index (χ4v) is 1.11. The van der Waals surface area contributed by atoms with Gasteiger partial charge in [-0.3, -0.25) is 4.90 Å². The molecule has 0 spiro atoms. The topological polar surface area (TPSA) is 23.5 Å². The van der Waals surface area contributed by atoms with Crippen molar-refractivity contribution in [1.29, 1.82) is 0 Å². The van der Waals surface area contributed by atoms with Crippen LogP contribution in [0.2, 0.25) is 0 Å². The maximum atomic E-state index is 8.99. The van der Waals surface area contributed by atoms with Gasteiger partial charge in [0.15, 0.2) is 0 Å². The molecule has 2 atom stereocenters. The van der Waals surface area contributed by atoms with E-state index in [1.54, 1.807) is 0 Å². The molecule has 48 valence electrons. The van der Waals surface area contributed by atoms with Crippen LogP contribution in [0.5, 0.6) is 0 Å². The Hall–Kier alpha value is 0.210. The molecule has 2 nitrogen and oxygen atoms in total. The molecular formula is C5H10ClNO. The second-order valence-electron chi connectivity index (χ2n) is 2.21. The van der Waals surface area contributed by atoms with Crippen molar-refractivity contribution in [3.05, 3.63) is 0 Å². The number of hydrogen-bond donors (Lipinski definition) is 1. The Balaban J connectivity index is 2.44. The van der Waals surface area contributed by atoms with Crippen LogP contribution in [0.25, 0.3) is 0 Å². The van der Waals surface area contributed by atoms with Gasteiger partial charge in [0.1, 0.15) is 5.50 Å². The first-order valence-corrected chi connectivity index (χ1v) is 3.18. The highest BCUT2D eigenvalue weighted by molar-refractivity contribution is 6.20. The SMILES string of the molecule is CN1CCC(O)C1Cl. The van der Waals surface area contributed by atoms with E-state index < -0.39 is 0 Å². The van der Waals surface area contributed by atoms with Crippen molar-refractivity contribution in [3.8, 4) is 0 Å². The zero-order valence-electron chi connectivity index (χ0n) is 4.84. The molecule has 0 radical (unpaired) electrons. The molecule has 1 aliphatic heterocycles. The molecule has 2 unspecified atom stereocenters. The van der Waals surface area contributed by atoms with Gasteiger partial charge in [-0.25, -0.2) is 0 Å². The number of nitrogens with zero attached hydrogens (tertiary/aromatic N) is 1. The summed E-state index contributed by atoms with van der Waals surface area (Å²) in [5, 5.41) is 8.99. The second-order valence-corrected chi connectivity index (χ2v) is 2.66. The van der Waals surface area contributed by atoms with Crippen molar-refractivity contribution < 1.29 is 5.11 Å². The van der Waals surface area contributed by atoms with E-state index in [2.05, 4.69) is 0 Å². The van der Waals surface area contributed by atoms with E-state index in [9.17, 15) is 0 Å². The molecule has 1 heterocycles. The smallest absolute Gasteiger partial charge is 0.111 e. The van der Waals surface area contributed by atoms with E-state index in [4.69, 9.17) is 16.7 Å². The van der Waals surface area contributed by atoms with Crippen LogP contribution < -0.4 is 0 Å². The van der Waals surface area contributed by atoms with Crippen molar-refractivity contribution in [2.45, 2.75) is 18.0 Å². The van der Waals surface area contributed by atoms with Gasteiger partial charge in [-0.1, -0.05) is 0 Å². The Kier molecular flexibility index (Phi) is 1.75. The van der Waals surface area contributed by atoms with Crippen molar-refractivity contribution in [2.75, 3.05) is 13.6 Å². The average molecular weight is 136 g/mol. The fourth-order valence-electron chi connectivity index (χ4n) is 0.891. The summed E-state index contributed by atoms with van der Waals surface area (Å²) in [6, 6.07) is 0. The number of alkyl halides is 1. The lowest BCUT2D eigenvalue weighted by molar-refractivity contribution is 0.165. The van der Waals surface area contributed by atoms with Crippen LogP contribution in [0.15, 0.2) is 0 Å². The maximum Gasteiger partial charge on any atom is 0.111 e. The van der Waals surface area contributed by atoms with Crippen LogP contribution in [-0.4, -0.2) is 35.2 Å². The Morgan fingerprint density at radius 2 is 2.38 bits per heavy atom. The highest BCUT2D eigenvalue weighted by Crippen LogP contribution is 2.18. The third-order valence-corrected chi connectivity index (χ3v) is 2.14. The predicted octanol–water partition coefficient (Wildman–Crippen LogP) is 0.248. The Morgan fingerprint density at radius 3 is 2.50 bits per heavy atom. The lowest BCUT2D eigenvalue weighted by atomic mass is 10.3. The minimum absolute atomic E-state index is 0.157. The lowest BCUT2D eigenvalue weighted by Gasteiger charge is -2.12. The summed E-state index contributed by atoms with van der Waals surface area (Å²) in [5.74, 6) is 0. The van der Waals surface area contributed by atoms with Gasteiger partial charge in [0.05, 0.1) is 6.10 Å². The molecule has 1 fully saturated rings. The molecule has 3 heteroatoms. The van der Waals surface area contributed by atoms with Crippen molar-refractivity contribution >= 4 is 11.6 Å². The summed E-state index contributed by atoms with van der Waals surface area (Å²) in [6.45, 7) is 0.912. The number of rotatable bonds is 0. The molecular weight excluding hydrogens is 126 g/mol. The highest BCUT2D eigenvalue weighted by Gasteiger charge is 2.27. The van der Waals surface area contributed by atoms with Gasteiger partial charge in [-0.15, -0.1) is 11.6 Å². The van der Waals surface area contributed by atoms with Gasteiger partial charge in [-0.05, 0) is 13.5 Å². The van der Waals surface area contributed by atoms with E-state index in [1.165, 1.54) is 0 Å². The monoisotopic (exact) mass is 135 g/mol. The standard InChI is InChI=1S/C5H10ClNO/c1-7-3-2-4(8)5(7)6/h4-5,8H,2-3H2,1H3. The van der Waals surface area contributed by atoms with Crippen LogP contribution >= 0.6 is 11.6 Å². The van der Waals surface area contributed by atoms with E-state index in [-0.39, 0.29) is 11.6 Å².